The summed E-state index contributed by atoms with van der Waals surface area (Å²) in [6, 6.07) is 17.8. The molecule has 0 saturated heterocycles. The van der Waals surface area contributed by atoms with E-state index in [1.165, 1.54) is 0 Å². The molecule has 0 saturated carbocycles. The molecule has 2 amide bonds. The van der Waals surface area contributed by atoms with Gasteiger partial charge in [0.1, 0.15) is 23.8 Å². The van der Waals surface area contributed by atoms with Crippen molar-refractivity contribution in [1.29, 1.82) is 0 Å². The van der Waals surface area contributed by atoms with Gasteiger partial charge in [-0.25, -0.2) is 4.98 Å². The molecule has 0 spiro atoms. The van der Waals surface area contributed by atoms with Gasteiger partial charge in [0.2, 0.25) is 0 Å². The number of hydrogen-bond acceptors (Lipinski definition) is 5. The van der Waals surface area contributed by atoms with E-state index < -0.39 is 0 Å². The molecule has 2 aromatic carbocycles. The number of fused-ring (bicyclic) bond motifs is 2. The lowest BCUT2D eigenvalue weighted by atomic mass is 10.2. The van der Waals surface area contributed by atoms with Crippen molar-refractivity contribution in [3.05, 3.63) is 84.3 Å². The number of benzene rings is 2. The molecule has 31 heavy (non-hydrogen) atoms. The van der Waals surface area contributed by atoms with Crippen molar-refractivity contribution in [3.8, 4) is 11.5 Å². The van der Waals surface area contributed by atoms with Gasteiger partial charge in [-0.3, -0.25) is 9.59 Å². The highest BCUT2D eigenvalue weighted by atomic mass is 16.5. The molecule has 3 heterocycles. The van der Waals surface area contributed by atoms with Gasteiger partial charge in [0.05, 0.1) is 11.4 Å². The second-order valence-electron chi connectivity index (χ2n) is 7.02. The van der Waals surface area contributed by atoms with Crippen molar-refractivity contribution in [2.75, 3.05) is 17.2 Å². The van der Waals surface area contributed by atoms with E-state index in [0.717, 1.165) is 11.3 Å². The number of carbonyl (C=O) groups is 2. The summed E-state index contributed by atoms with van der Waals surface area (Å²) >= 11 is 0. The summed E-state index contributed by atoms with van der Waals surface area (Å²) in [5.74, 6) is 0.614. The highest BCUT2D eigenvalue weighted by molar-refractivity contribution is 6.05. The number of hydrogen-bond donors (Lipinski definition) is 2. The second kappa shape index (κ2) is 7.83. The van der Waals surface area contributed by atoms with E-state index in [-0.39, 0.29) is 25.0 Å². The third-order valence-electron chi connectivity index (χ3n) is 4.77. The number of anilines is 2. The molecule has 154 valence electrons. The Bertz CT molecular complexity index is 1260. The van der Waals surface area contributed by atoms with Gasteiger partial charge in [-0.05, 0) is 48.5 Å². The fraction of sp³-hybridized carbons (Fsp3) is 0.0870. The van der Waals surface area contributed by atoms with Crippen molar-refractivity contribution in [2.24, 2.45) is 0 Å². The highest BCUT2D eigenvalue weighted by Gasteiger charge is 2.17. The van der Waals surface area contributed by atoms with Crippen LogP contribution in [0.15, 0.2) is 73.1 Å². The Kier molecular flexibility index (Phi) is 4.72. The first-order valence-electron chi connectivity index (χ1n) is 9.67. The SMILES string of the molecule is O=C1COc2ccc(NC(=O)c3cccc(OCc4cn5ccccc5n4)c3)cc2N1. The fourth-order valence-electron chi connectivity index (χ4n) is 3.31. The van der Waals surface area contributed by atoms with Gasteiger partial charge in [0.15, 0.2) is 6.61 Å². The summed E-state index contributed by atoms with van der Waals surface area (Å²) in [6.45, 7) is 0.276. The van der Waals surface area contributed by atoms with Gasteiger partial charge in [0, 0.05) is 23.6 Å². The van der Waals surface area contributed by atoms with E-state index in [2.05, 4.69) is 15.6 Å². The van der Waals surface area contributed by atoms with E-state index in [1.54, 1.807) is 42.5 Å². The number of imidazole rings is 1. The monoisotopic (exact) mass is 414 g/mol. The minimum Gasteiger partial charge on any atom is -0.487 e. The summed E-state index contributed by atoms with van der Waals surface area (Å²) in [6.07, 6.45) is 3.83. The zero-order chi connectivity index (χ0) is 21.2. The first-order chi connectivity index (χ1) is 15.1. The van der Waals surface area contributed by atoms with E-state index in [1.807, 2.05) is 35.0 Å². The first-order valence-corrected chi connectivity index (χ1v) is 9.67. The van der Waals surface area contributed by atoms with E-state index >= 15 is 0 Å². The standard InChI is InChI=1S/C23H18N4O4/c28-22-14-31-20-8-7-16(11-19(20)26-22)25-23(29)15-4-3-5-18(10-15)30-13-17-12-27-9-2-1-6-21(27)24-17/h1-12H,13-14H2,(H,25,29)(H,26,28). The molecular formula is C23H18N4O4. The molecule has 1 aliphatic rings. The number of ether oxygens (including phenoxy) is 2. The zero-order valence-corrected chi connectivity index (χ0v) is 16.4. The molecule has 4 aromatic rings. The van der Waals surface area contributed by atoms with Gasteiger partial charge in [0.25, 0.3) is 11.8 Å². The Morgan fingerprint density at radius 1 is 1.16 bits per heavy atom. The minimum atomic E-state index is -0.291. The molecule has 8 nitrogen and oxygen atoms in total. The molecule has 0 aliphatic carbocycles. The summed E-state index contributed by atoms with van der Waals surface area (Å²) in [4.78, 5) is 28.7. The van der Waals surface area contributed by atoms with Gasteiger partial charge >= 0.3 is 0 Å². The smallest absolute Gasteiger partial charge is 0.262 e. The van der Waals surface area contributed by atoms with Crippen molar-refractivity contribution < 1.29 is 19.1 Å². The van der Waals surface area contributed by atoms with Crippen LogP contribution >= 0.6 is 0 Å². The molecule has 0 fully saturated rings. The van der Waals surface area contributed by atoms with Crippen LogP contribution in [-0.4, -0.2) is 27.8 Å². The lowest BCUT2D eigenvalue weighted by Crippen LogP contribution is -2.25. The molecule has 0 radical (unpaired) electrons. The van der Waals surface area contributed by atoms with Crippen LogP contribution in [0, 0.1) is 0 Å². The van der Waals surface area contributed by atoms with Crippen molar-refractivity contribution in [1.82, 2.24) is 9.38 Å². The summed E-state index contributed by atoms with van der Waals surface area (Å²) in [7, 11) is 0. The number of pyridine rings is 1. The van der Waals surface area contributed by atoms with Crippen LogP contribution in [0.2, 0.25) is 0 Å². The Balaban J connectivity index is 1.26. The third-order valence-corrected chi connectivity index (χ3v) is 4.77. The lowest BCUT2D eigenvalue weighted by molar-refractivity contribution is -0.118. The Morgan fingerprint density at radius 2 is 2.10 bits per heavy atom. The summed E-state index contributed by atoms with van der Waals surface area (Å²) in [5.41, 5.74) is 3.16. The topological polar surface area (TPSA) is 94.0 Å². The minimum absolute atomic E-state index is 0.0134. The van der Waals surface area contributed by atoms with Gasteiger partial charge in [-0.2, -0.15) is 0 Å². The van der Waals surface area contributed by atoms with E-state index in [9.17, 15) is 9.59 Å². The van der Waals surface area contributed by atoms with E-state index in [4.69, 9.17) is 9.47 Å². The molecule has 8 heteroatoms. The van der Waals surface area contributed by atoms with Crippen molar-refractivity contribution in [3.63, 3.8) is 0 Å². The second-order valence-corrected chi connectivity index (χ2v) is 7.02. The molecule has 5 rings (SSSR count). The zero-order valence-electron chi connectivity index (χ0n) is 16.4. The molecule has 0 unspecified atom stereocenters. The molecule has 1 aliphatic heterocycles. The fourth-order valence-corrected chi connectivity index (χ4v) is 3.31. The van der Waals surface area contributed by atoms with Crippen LogP contribution in [0.5, 0.6) is 11.5 Å². The first kappa shape index (κ1) is 18.7. The number of aromatic nitrogens is 2. The summed E-state index contributed by atoms with van der Waals surface area (Å²) in [5, 5.41) is 5.55. The molecule has 2 N–H and O–H groups in total. The number of amides is 2. The van der Waals surface area contributed by atoms with Crippen molar-refractivity contribution in [2.45, 2.75) is 6.61 Å². The largest absolute Gasteiger partial charge is 0.487 e. The number of carbonyl (C=O) groups excluding carboxylic acids is 2. The van der Waals surface area contributed by atoms with Crippen LogP contribution in [0.3, 0.4) is 0 Å². The Morgan fingerprint density at radius 3 is 3.00 bits per heavy atom. The van der Waals surface area contributed by atoms with Gasteiger partial charge < -0.3 is 24.5 Å². The van der Waals surface area contributed by atoms with Crippen LogP contribution < -0.4 is 20.1 Å². The van der Waals surface area contributed by atoms with Crippen LogP contribution in [-0.2, 0) is 11.4 Å². The maximum absolute atomic E-state index is 12.7. The predicted molar refractivity (Wildman–Crippen MR) is 114 cm³/mol. The number of nitrogens with zero attached hydrogens (tertiary/aromatic N) is 2. The lowest BCUT2D eigenvalue weighted by Gasteiger charge is -2.18. The van der Waals surface area contributed by atoms with Crippen molar-refractivity contribution >= 4 is 28.8 Å². The normalized spacial score (nSPS) is 12.6. The van der Waals surface area contributed by atoms with Gasteiger partial charge in [-0.15, -0.1) is 0 Å². The van der Waals surface area contributed by atoms with E-state index in [0.29, 0.717) is 28.4 Å². The number of nitrogens with one attached hydrogen (secondary N) is 2. The Labute approximate surface area is 177 Å². The van der Waals surface area contributed by atoms with Crippen LogP contribution in [0.25, 0.3) is 5.65 Å². The maximum atomic E-state index is 12.7. The van der Waals surface area contributed by atoms with Gasteiger partial charge in [-0.1, -0.05) is 12.1 Å². The maximum Gasteiger partial charge on any atom is 0.262 e. The molecule has 0 atom stereocenters. The van der Waals surface area contributed by atoms with Crippen LogP contribution in [0.4, 0.5) is 11.4 Å². The predicted octanol–water partition coefficient (Wildman–Crippen LogP) is 3.50. The average molecular weight is 414 g/mol. The highest BCUT2D eigenvalue weighted by Crippen LogP contribution is 2.30. The Hall–Kier alpha value is -4.33. The third kappa shape index (κ3) is 4.04. The molecular weight excluding hydrogens is 396 g/mol. The quantitative estimate of drug-likeness (QED) is 0.521. The van der Waals surface area contributed by atoms with Crippen LogP contribution in [0.1, 0.15) is 16.1 Å². The number of rotatable bonds is 5. The molecule has 0 bridgehead atoms. The summed E-state index contributed by atoms with van der Waals surface area (Å²) < 4.78 is 13.1. The molecule has 2 aromatic heterocycles. The average Bonchev–Trinajstić information content (AvgIpc) is 3.21.